The molecule has 1 amide bonds. The monoisotopic (exact) mass is 265 g/mol. The number of nitrogens with one attached hydrogen (secondary N) is 1. The lowest BCUT2D eigenvalue weighted by Gasteiger charge is -2.22. The molecule has 1 aromatic rings. The number of carbonyl (C=O) groups excluding carboxylic acids is 1. The third-order valence-electron chi connectivity index (χ3n) is 3.30. The van der Waals surface area contributed by atoms with Gasteiger partial charge in [0, 0.05) is 16.9 Å². The van der Waals surface area contributed by atoms with E-state index in [0.29, 0.717) is 12.1 Å². The zero-order valence-electron chi connectivity index (χ0n) is 10.6. The minimum Gasteiger partial charge on any atom is -0.508 e. The minimum atomic E-state index is -0.0229. The molecule has 0 aliphatic carbocycles. The van der Waals surface area contributed by atoms with Gasteiger partial charge in [0.2, 0.25) is 5.91 Å². The lowest BCUT2D eigenvalue weighted by Crippen LogP contribution is -2.37. The molecule has 1 aromatic carbocycles. The van der Waals surface area contributed by atoms with Crippen LogP contribution >= 0.6 is 11.8 Å². The maximum Gasteiger partial charge on any atom is 0.224 e. The van der Waals surface area contributed by atoms with Gasteiger partial charge in [-0.05, 0) is 31.6 Å². The van der Waals surface area contributed by atoms with E-state index in [1.165, 1.54) is 12.2 Å². The second-order valence-corrected chi connectivity index (χ2v) is 6.67. The predicted octanol–water partition coefficient (Wildman–Crippen LogP) is 2.34. The van der Waals surface area contributed by atoms with Crippen LogP contribution < -0.4 is 5.32 Å². The molecule has 1 unspecified atom stereocenters. The summed E-state index contributed by atoms with van der Waals surface area (Å²) in [5.74, 6) is 1.35. The molecular weight excluding hydrogens is 246 g/mol. The summed E-state index contributed by atoms with van der Waals surface area (Å²) in [6, 6.07) is 6.97. The van der Waals surface area contributed by atoms with Gasteiger partial charge in [-0.3, -0.25) is 4.79 Å². The van der Waals surface area contributed by atoms with Gasteiger partial charge >= 0.3 is 0 Å². The zero-order valence-corrected chi connectivity index (χ0v) is 11.4. The van der Waals surface area contributed by atoms with Crippen molar-refractivity contribution in [1.82, 2.24) is 5.32 Å². The van der Waals surface area contributed by atoms with Crippen LogP contribution in [-0.4, -0.2) is 28.1 Å². The van der Waals surface area contributed by atoms with Gasteiger partial charge < -0.3 is 10.4 Å². The van der Waals surface area contributed by atoms with Crippen molar-refractivity contribution < 1.29 is 9.90 Å². The van der Waals surface area contributed by atoms with E-state index in [9.17, 15) is 9.90 Å². The molecule has 1 atom stereocenters. The highest BCUT2D eigenvalue weighted by atomic mass is 32.2. The highest BCUT2D eigenvalue weighted by Gasteiger charge is 2.29. The summed E-state index contributed by atoms with van der Waals surface area (Å²) in [7, 11) is 0. The number of para-hydroxylation sites is 1. The van der Waals surface area contributed by atoms with Crippen LogP contribution in [0.25, 0.3) is 0 Å². The Morgan fingerprint density at radius 3 is 2.94 bits per heavy atom. The summed E-state index contributed by atoms with van der Waals surface area (Å²) in [5.41, 5.74) is 0.680. The molecule has 0 bridgehead atoms. The van der Waals surface area contributed by atoms with E-state index in [-0.39, 0.29) is 22.8 Å². The summed E-state index contributed by atoms with van der Waals surface area (Å²) in [4.78, 5) is 11.8. The Bertz CT molecular complexity index is 428. The van der Waals surface area contributed by atoms with Crippen LogP contribution in [0.2, 0.25) is 0 Å². The SMILES string of the molecule is CC1(CNC(=O)Cc2ccccc2O)CCCS1. The topological polar surface area (TPSA) is 49.3 Å². The molecule has 3 nitrogen and oxygen atoms in total. The highest BCUT2D eigenvalue weighted by Crippen LogP contribution is 2.36. The van der Waals surface area contributed by atoms with Crippen molar-refractivity contribution in [3.63, 3.8) is 0 Å². The van der Waals surface area contributed by atoms with Gasteiger partial charge in [-0.15, -0.1) is 0 Å². The standard InChI is InChI=1S/C14H19NO2S/c1-14(7-4-8-18-14)10-15-13(17)9-11-5-2-3-6-12(11)16/h2-3,5-6,16H,4,7-10H2,1H3,(H,15,17). The Hall–Kier alpha value is -1.16. The molecule has 1 heterocycles. The van der Waals surface area contributed by atoms with Gasteiger partial charge in [0.05, 0.1) is 6.42 Å². The van der Waals surface area contributed by atoms with E-state index in [1.54, 1.807) is 18.2 Å². The lowest BCUT2D eigenvalue weighted by atomic mass is 10.1. The average Bonchev–Trinajstić information content (AvgIpc) is 2.77. The smallest absolute Gasteiger partial charge is 0.224 e. The number of thioether (sulfide) groups is 1. The van der Waals surface area contributed by atoms with Gasteiger partial charge in [-0.2, -0.15) is 11.8 Å². The van der Waals surface area contributed by atoms with E-state index in [4.69, 9.17) is 0 Å². The summed E-state index contributed by atoms with van der Waals surface area (Å²) < 4.78 is 0.189. The van der Waals surface area contributed by atoms with Crippen molar-refractivity contribution >= 4 is 17.7 Å². The van der Waals surface area contributed by atoms with Crippen molar-refractivity contribution in [3.05, 3.63) is 29.8 Å². The number of hydrogen-bond acceptors (Lipinski definition) is 3. The van der Waals surface area contributed by atoms with E-state index in [0.717, 1.165) is 6.42 Å². The Morgan fingerprint density at radius 1 is 1.50 bits per heavy atom. The molecule has 0 spiro atoms. The lowest BCUT2D eigenvalue weighted by molar-refractivity contribution is -0.120. The third-order valence-corrected chi connectivity index (χ3v) is 4.84. The molecule has 1 fully saturated rings. The van der Waals surface area contributed by atoms with E-state index < -0.39 is 0 Å². The highest BCUT2D eigenvalue weighted by molar-refractivity contribution is 8.00. The number of phenolic OH excluding ortho intramolecular Hbond substituents is 1. The van der Waals surface area contributed by atoms with Crippen LogP contribution in [0.4, 0.5) is 0 Å². The Labute approximate surface area is 112 Å². The fraction of sp³-hybridized carbons (Fsp3) is 0.500. The first-order valence-corrected chi connectivity index (χ1v) is 7.25. The number of amides is 1. The number of benzene rings is 1. The Kier molecular flexibility index (Phi) is 4.17. The number of hydrogen-bond donors (Lipinski definition) is 2. The van der Waals surface area contributed by atoms with Crippen LogP contribution in [0.1, 0.15) is 25.3 Å². The molecule has 2 rings (SSSR count). The number of phenols is 1. The molecule has 0 saturated carbocycles. The maximum absolute atomic E-state index is 11.8. The molecule has 1 aliphatic heterocycles. The largest absolute Gasteiger partial charge is 0.508 e. The summed E-state index contributed by atoms with van der Waals surface area (Å²) in [6.07, 6.45) is 2.64. The number of rotatable bonds is 4. The molecule has 18 heavy (non-hydrogen) atoms. The van der Waals surface area contributed by atoms with Crippen LogP contribution in [0.3, 0.4) is 0 Å². The Morgan fingerprint density at radius 2 is 2.28 bits per heavy atom. The fourth-order valence-electron chi connectivity index (χ4n) is 2.16. The predicted molar refractivity (Wildman–Crippen MR) is 74.9 cm³/mol. The molecule has 0 radical (unpaired) electrons. The molecule has 2 N–H and O–H groups in total. The minimum absolute atomic E-state index is 0.0229. The van der Waals surface area contributed by atoms with Crippen molar-refractivity contribution in [2.45, 2.75) is 30.9 Å². The summed E-state index contributed by atoms with van der Waals surface area (Å²) in [6.45, 7) is 2.91. The van der Waals surface area contributed by atoms with Crippen molar-refractivity contribution in [3.8, 4) is 5.75 Å². The van der Waals surface area contributed by atoms with E-state index >= 15 is 0 Å². The van der Waals surface area contributed by atoms with Crippen molar-refractivity contribution in [2.75, 3.05) is 12.3 Å². The summed E-state index contributed by atoms with van der Waals surface area (Å²) >= 11 is 1.93. The van der Waals surface area contributed by atoms with Crippen LogP contribution in [-0.2, 0) is 11.2 Å². The molecule has 4 heteroatoms. The van der Waals surface area contributed by atoms with Gasteiger partial charge in [-0.1, -0.05) is 18.2 Å². The first kappa shape index (κ1) is 13.3. The summed E-state index contributed by atoms with van der Waals surface area (Å²) in [5, 5.41) is 12.6. The van der Waals surface area contributed by atoms with Crippen molar-refractivity contribution in [2.24, 2.45) is 0 Å². The molecule has 1 aliphatic rings. The maximum atomic E-state index is 11.8. The number of aromatic hydroxyl groups is 1. The van der Waals surface area contributed by atoms with Crippen molar-refractivity contribution in [1.29, 1.82) is 0 Å². The first-order valence-electron chi connectivity index (χ1n) is 6.27. The van der Waals surface area contributed by atoms with Crippen LogP contribution in [0.15, 0.2) is 24.3 Å². The van der Waals surface area contributed by atoms with Gasteiger partial charge in [0.1, 0.15) is 5.75 Å². The average molecular weight is 265 g/mol. The second-order valence-electron chi connectivity index (χ2n) is 4.98. The zero-order chi connectivity index (χ0) is 13.0. The van der Waals surface area contributed by atoms with Gasteiger partial charge in [0.15, 0.2) is 0 Å². The fourth-order valence-corrected chi connectivity index (χ4v) is 3.40. The van der Waals surface area contributed by atoms with Gasteiger partial charge in [0.25, 0.3) is 0 Å². The molecule has 98 valence electrons. The molecule has 0 aromatic heterocycles. The second kappa shape index (κ2) is 5.65. The van der Waals surface area contributed by atoms with Gasteiger partial charge in [-0.25, -0.2) is 0 Å². The quantitative estimate of drug-likeness (QED) is 0.878. The van der Waals surface area contributed by atoms with Crippen LogP contribution in [0, 0.1) is 0 Å². The number of carbonyl (C=O) groups is 1. The van der Waals surface area contributed by atoms with Crippen LogP contribution in [0.5, 0.6) is 5.75 Å². The Balaban J connectivity index is 1.84. The molecular formula is C14H19NO2S. The van der Waals surface area contributed by atoms with E-state index in [1.807, 2.05) is 17.8 Å². The first-order chi connectivity index (χ1) is 8.59. The normalized spacial score (nSPS) is 22.9. The van der Waals surface area contributed by atoms with E-state index in [2.05, 4.69) is 12.2 Å². The molecule has 1 saturated heterocycles. The third kappa shape index (κ3) is 3.42.